The molecule has 0 radical (unpaired) electrons. The third kappa shape index (κ3) is 3.01. The third-order valence-corrected chi connectivity index (χ3v) is 4.05. The summed E-state index contributed by atoms with van der Waals surface area (Å²) in [6.45, 7) is 2.36. The van der Waals surface area contributed by atoms with Crippen molar-refractivity contribution in [3.63, 3.8) is 0 Å². The number of aliphatic hydroxyl groups excluding tert-OH is 1. The van der Waals surface area contributed by atoms with E-state index in [0.29, 0.717) is 18.0 Å². The van der Waals surface area contributed by atoms with Gasteiger partial charge in [0.05, 0.1) is 11.6 Å². The molecule has 106 valence electrons. The van der Waals surface area contributed by atoms with Gasteiger partial charge in [-0.15, -0.1) is 0 Å². The van der Waals surface area contributed by atoms with Crippen molar-refractivity contribution < 1.29 is 5.11 Å². The van der Waals surface area contributed by atoms with E-state index in [4.69, 9.17) is 17.3 Å². The number of aryl methyl sites for hydroxylation is 1. The maximum atomic E-state index is 9.93. The molecule has 1 aromatic carbocycles. The molecular weight excluding hydrogens is 272 g/mol. The van der Waals surface area contributed by atoms with Crippen LogP contribution in [0.15, 0.2) is 42.7 Å². The lowest BCUT2D eigenvalue weighted by atomic mass is 9.76. The van der Waals surface area contributed by atoms with Crippen molar-refractivity contribution in [1.82, 2.24) is 4.98 Å². The molecule has 0 aliphatic rings. The number of nitrogens with zero attached hydrogens (tertiary/aromatic N) is 1. The smallest absolute Gasteiger partial charge is 0.0621 e. The Bertz CT molecular complexity index is 582. The largest absolute Gasteiger partial charge is 0.395 e. The minimum atomic E-state index is -0.517. The van der Waals surface area contributed by atoms with Crippen LogP contribution in [0.1, 0.15) is 16.7 Å². The van der Waals surface area contributed by atoms with Gasteiger partial charge < -0.3 is 10.8 Å². The van der Waals surface area contributed by atoms with Gasteiger partial charge in [0, 0.05) is 24.4 Å². The second-order valence-corrected chi connectivity index (χ2v) is 5.56. The summed E-state index contributed by atoms with van der Waals surface area (Å²) in [4.78, 5) is 3.99. The first-order valence-corrected chi connectivity index (χ1v) is 6.95. The number of aliphatic hydroxyl groups is 1. The van der Waals surface area contributed by atoms with E-state index in [-0.39, 0.29) is 6.61 Å². The van der Waals surface area contributed by atoms with Crippen LogP contribution in [0.25, 0.3) is 0 Å². The van der Waals surface area contributed by atoms with E-state index in [1.807, 2.05) is 31.2 Å². The van der Waals surface area contributed by atoms with Gasteiger partial charge in [-0.3, -0.25) is 4.98 Å². The van der Waals surface area contributed by atoms with Crippen molar-refractivity contribution in [2.75, 3.05) is 13.2 Å². The zero-order valence-corrected chi connectivity index (χ0v) is 12.3. The lowest BCUT2D eigenvalue weighted by molar-refractivity contribution is 0.196. The van der Waals surface area contributed by atoms with Crippen LogP contribution < -0.4 is 5.73 Å². The van der Waals surface area contributed by atoms with Crippen LogP contribution in [0.5, 0.6) is 0 Å². The Morgan fingerprint density at radius 2 is 2.15 bits per heavy atom. The van der Waals surface area contributed by atoms with Crippen LogP contribution in [0.4, 0.5) is 0 Å². The number of hydrogen-bond donors (Lipinski definition) is 2. The molecule has 20 heavy (non-hydrogen) atoms. The lowest BCUT2D eigenvalue weighted by Gasteiger charge is -2.32. The molecule has 1 atom stereocenters. The van der Waals surface area contributed by atoms with E-state index in [0.717, 1.165) is 16.7 Å². The summed E-state index contributed by atoms with van der Waals surface area (Å²) in [6.07, 6.45) is 3.91. The molecule has 0 bridgehead atoms. The summed E-state index contributed by atoms with van der Waals surface area (Å²) < 4.78 is 0. The number of hydrogen-bond acceptors (Lipinski definition) is 3. The highest BCUT2D eigenvalue weighted by Gasteiger charge is 2.31. The van der Waals surface area contributed by atoms with Crippen molar-refractivity contribution >= 4 is 11.6 Å². The van der Waals surface area contributed by atoms with E-state index in [1.165, 1.54) is 0 Å². The average Bonchev–Trinajstić information content (AvgIpc) is 2.47. The molecule has 3 N–H and O–H groups in total. The van der Waals surface area contributed by atoms with E-state index in [1.54, 1.807) is 12.4 Å². The van der Waals surface area contributed by atoms with Gasteiger partial charge in [-0.2, -0.15) is 0 Å². The number of benzene rings is 1. The van der Waals surface area contributed by atoms with Gasteiger partial charge in [-0.05, 0) is 30.5 Å². The standard InChI is InChI=1S/C16H19ClN2O/c1-12-3-2-4-14(7-12)16(10-18,11-20)8-13-5-6-19-9-15(13)17/h2-7,9,20H,8,10-11,18H2,1H3. The van der Waals surface area contributed by atoms with Gasteiger partial charge in [0.2, 0.25) is 0 Å². The summed E-state index contributed by atoms with van der Waals surface area (Å²) in [5.41, 5.74) is 8.59. The minimum Gasteiger partial charge on any atom is -0.395 e. The van der Waals surface area contributed by atoms with Crippen LogP contribution in [0.3, 0.4) is 0 Å². The van der Waals surface area contributed by atoms with Gasteiger partial charge in [0.1, 0.15) is 0 Å². The summed E-state index contributed by atoms with van der Waals surface area (Å²) in [6, 6.07) is 9.96. The quantitative estimate of drug-likeness (QED) is 0.889. The van der Waals surface area contributed by atoms with Crippen molar-refractivity contribution in [3.05, 3.63) is 64.4 Å². The van der Waals surface area contributed by atoms with Gasteiger partial charge >= 0.3 is 0 Å². The molecule has 1 aromatic heterocycles. The van der Waals surface area contributed by atoms with Crippen molar-refractivity contribution in [3.8, 4) is 0 Å². The molecule has 1 heterocycles. The maximum absolute atomic E-state index is 9.93. The lowest BCUT2D eigenvalue weighted by Crippen LogP contribution is -2.41. The highest BCUT2D eigenvalue weighted by atomic mass is 35.5. The zero-order chi connectivity index (χ0) is 14.6. The predicted octanol–water partition coefficient (Wildman–Crippen LogP) is 2.47. The molecule has 4 heteroatoms. The normalized spacial score (nSPS) is 14.0. The minimum absolute atomic E-state index is 0.0222. The van der Waals surface area contributed by atoms with Crippen molar-refractivity contribution in [2.24, 2.45) is 5.73 Å². The van der Waals surface area contributed by atoms with Crippen LogP contribution in [-0.2, 0) is 11.8 Å². The first-order chi connectivity index (χ1) is 9.61. The summed E-state index contributed by atoms with van der Waals surface area (Å²) in [7, 11) is 0. The van der Waals surface area contributed by atoms with Crippen molar-refractivity contribution in [2.45, 2.75) is 18.8 Å². The number of rotatable bonds is 5. The Morgan fingerprint density at radius 1 is 1.35 bits per heavy atom. The highest BCUT2D eigenvalue weighted by Crippen LogP contribution is 2.30. The van der Waals surface area contributed by atoms with E-state index >= 15 is 0 Å². The van der Waals surface area contributed by atoms with Crippen LogP contribution >= 0.6 is 11.6 Å². The first-order valence-electron chi connectivity index (χ1n) is 6.58. The fourth-order valence-electron chi connectivity index (χ4n) is 2.39. The molecular formula is C16H19ClN2O. The molecule has 0 aliphatic heterocycles. The molecule has 2 aromatic rings. The Kier molecular flexibility index (Phi) is 4.76. The van der Waals surface area contributed by atoms with Crippen LogP contribution in [0.2, 0.25) is 5.02 Å². The van der Waals surface area contributed by atoms with Crippen molar-refractivity contribution in [1.29, 1.82) is 0 Å². The topological polar surface area (TPSA) is 59.1 Å². The maximum Gasteiger partial charge on any atom is 0.0621 e. The second kappa shape index (κ2) is 6.35. The molecule has 0 aliphatic carbocycles. The number of nitrogens with two attached hydrogens (primary N) is 1. The molecule has 3 nitrogen and oxygen atoms in total. The van der Waals surface area contributed by atoms with Crippen LogP contribution in [-0.4, -0.2) is 23.2 Å². The average molecular weight is 291 g/mol. The Balaban J connectivity index is 2.42. The Labute approximate surface area is 124 Å². The number of halogens is 1. The molecule has 1 unspecified atom stereocenters. The molecule has 0 saturated carbocycles. The summed E-state index contributed by atoms with van der Waals surface area (Å²) in [5.74, 6) is 0. The first kappa shape index (κ1) is 15.0. The van der Waals surface area contributed by atoms with Crippen LogP contribution in [0, 0.1) is 6.92 Å². The monoisotopic (exact) mass is 290 g/mol. The highest BCUT2D eigenvalue weighted by molar-refractivity contribution is 6.31. The van der Waals surface area contributed by atoms with Gasteiger partial charge in [0.15, 0.2) is 0 Å². The van der Waals surface area contributed by atoms with E-state index in [9.17, 15) is 5.11 Å². The Morgan fingerprint density at radius 3 is 2.75 bits per heavy atom. The molecule has 0 saturated heterocycles. The summed E-state index contributed by atoms with van der Waals surface area (Å²) >= 11 is 6.18. The molecule has 2 rings (SSSR count). The fraction of sp³-hybridized carbons (Fsp3) is 0.312. The van der Waals surface area contributed by atoms with Gasteiger partial charge in [-0.25, -0.2) is 0 Å². The zero-order valence-electron chi connectivity index (χ0n) is 11.5. The SMILES string of the molecule is Cc1cccc(C(CN)(CO)Cc2ccncc2Cl)c1. The third-order valence-electron chi connectivity index (χ3n) is 3.71. The number of pyridine rings is 1. The predicted molar refractivity (Wildman–Crippen MR) is 81.9 cm³/mol. The molecule has 0 spiro atoms. The molecule has 0 amide bonds. The molecule has 0 fully saturated rings. The Hall–Kier alpha value is -1.42. The second-order valence-electron chi connectivity index (χ2n) is 5.16. The van der Waals surface area contributed by atoms with Gasteiger partial charge in [0.25, 0.3) is 0 Å². The van der Waals surface area contributed by atoms with E-state index in [2.05, 4.69) is 11.1 Å². The van der Waals surface area contributed by atoms with E-state index < -0.39 is 5.41 Å². The summed E-state index contributed by atoms with van der Waals surface area (Å²) in [5, 5.41) is 10.5. The number of aromatic nitrogens is 1. The van der Waals surface area contributed by atoms with Gasteiger partial charge in [-0.1, -0.05) is 41.4 Å². The fourth-order valence-corrected chi connectivity index (χ4v) is 2.58.